The molecule has 0 radical (unpaired) electrons. The molecule has 1 aliphatic carbocycles. The predicted molar refractivity (Wildman–Crippen MR) is 147 cm³/mol. The molecule has 8 heteroatoms. The smallest absolute Gasteiger partial charge is 0.362 e. The minimum atomic E-state index is -4.53. The first-order valence-corrected chi connectivity index (χ1v) is 13.8. The molecule has 1 aliphatic heterocycles. The Hall–Kier alpha value is -3.78. The second kappa shape index (κ2) is 10.8. The normalized spacial score (nSPS) is 19.5. The quantitative estimate of drug-likeness (QED) is 0.326. The molecule has 39 heavy (non-hydrogen) atoms. The molecular formula is C31H27F3N2O2S. The van der Waals surface area contributed by atoms with Crippen molar-refractivity contribution in [2.45, 2.75) is 42.7 Å². The Morgan fingerprint density at radius 1 is 0.949 bits per heavy atom. The van der Waals surface area contributed by atoms with Gasteiger partial charge in [0, 0.05) is 45.5 Å². The number of nitrogens with one attached hydrogen (secondary N) is 2. The van der Waals surface area contributed by atoms with E-state index in [4.69, 9.17) is 0 Å². The number of halogens is 3. The van der Waals surface area contributed by atoms with Gasteiger partial charge in [-0.15, -0.1) is 11.8 Å². The second-order valence-corrected chi connectivity index (χ2v) is 10.6. The van der Waals surface area contributed by atoms with Gasteiger partial charge in [0.15, 0.2) is 5.78 Å². The first-order chi connectivity index (χ1) is 18.7. The lowest BCUT2D eigenvalue weighted by molar-refractivity contribution is -0.137. The number of anilines is 1. The van der Waals surface area contributed by atoms with E-state index in [2.05, 4.69) is 10.6 Å². The molecule has 0 unspecified atom stereocenters. The molecule has 2 N–H and O–H groups in total. The van der Waals surface area contributed by atoms with Crippen molar-refractivity contribution in [3.8, 4) is 0 Å². The van der Waals surface area contributed by atoms with Crippen molar-refractivity contribution < 1.29 is 22.8 Å². The van der Waals surface area contributed by atoms with E-state index in [1.54, 1.807) is 18.7 Å². The van der Waals surface area contributed by atoms with Crippen LogP contribution in [0, 0.1) is 0 Å². The van der Waals surface area contributed by atoms with Crippen LogP contribution in [0.15, 0.2) is 106 Å². The Morgan fingerprint density at radius 3 is 2.33 bits per heavy atom. The van der Waals surface area contributed by atoms with Crippen LogP contribution in [0.2, 0.25) is 0 Å². The molecule has 0 spiro atoms. The zero-order valence-corrected chi connectivity index (χ0v) is 22.2. The van der Waals surface area contributed by atoms with Crippen molar-refractivity contribution in [1.82, 2.24) is 5.32 Å². The Kier molecular flexibility index (Phi) is 7.40. The maximum Gasteiger partial charge on any atom is 0.416 e. The van der Waals surface area contributed by atoms with Crippen LogP contribution in [0.25, 0.3) is 0 Å². The van der Waals surface area contributed by atoms with Crippen molar-refractivity contribution >= 4 is 29.1 Å². The monoisotopic (exact) mass is 548 g/mol. The zero-order chi connectivity index (χ0) is 27.7. The summed E-state index contributed by atoms with van der Waals surface area (Å²) in [5, 5.41) is 5.96. The highest BCUT2D eigenvalue weighted by atomic mass is 32.2. The van der Waals surface area contributed by atoms with Gasteiger partial charge in [-0.05, 0) is 67.0 Å². The minimum Gasteiger partial charge on any atom is -0.362 e. The molecule has 0 saturated heterocycles. The van der Waals surface area contributed by atoms with E-state index in [0.717, 1.165) is 33.9 Å². The van der Waals surface area contributed by atoms with Gasteiger partial charge in [-0.25, -0.2) is 0 Å². The Bertz CT molecular complexity index is 1480. The molecular weight excluding hydrogens is 521 g/mol. The molecule has 1 amide bonds. The van der Waals surface area contributed by atoms with Crippen molar-refractivity contribution in [1.29, 1.82) is 0 Å². The fourth-order valence-electron chi connectivity index (χ4n) is 5.40. The van der Waals surface area contributed by atoms with E-state index in [9.17, 15) is 22.8 Å². The third-order valence-electron chi connectivity index (χ3n) is 7.24. The molecule has 3 aromatic rings. The molecule has 200 valence electrons. The summed E-state index contributed by atoms with van der Waals surface area (Å²) in [4.78, 5) is 28.4. The molecule has 0 fully saturated rings. The SMILES string of the molecule is CSc1ccc([C@H]2C(C(=O)Nc3cccc(C(F)(F)F)c3)=C(C)NC3=C2C(=O)C[C@@H](c2ccccc2)C3)cc1. The van der Waals surface area contributed by atoms with E-state index < -0.39 is 23.6 Å². The van der Waals surface area contributed by atoms with Crippen LogP contribution in [0.4, 0.5) is 18.9 Å². The maximum atomic E-state index is 13.7. The average Bonchev–Trinajstić information content (AvgIpc) is 2.92. The number of Topliss-reactive ketones (excluding diaryl/α,β-unsaturated/α-hetero) is 1. The lowest BCUT2D eigenvalue weighted by Crippen LogP contribution is -2.37. The molecule has 1 heterocycles. The number of carbonyl (C=O) groups excluding carboxylic acids is 2. The van der Waals surface area contributed by atoms with Crippen molar-refractivity contribution in [2.75, 3.05) is 11.6 Å². The minimum absolute atomic E-state index is 0.0118. The summed E-state index contributed by atoms with van der Waals surface area (Å²) < 4.78 is 39.8. The summed E-state index contributed by atoms with van der Waals surface area (Å²) in [5.41, 5.74) is 3.25. The summed E-state index contributed by atoms with van der Waals surface area (Å²) in [6.07, 6.45) is -1.64. The van der Waals surface area contributed by atoms with Gasteiger partial charge < -0.3 is 10.6 Å². The fourth-order valence-corrected chi connectivity index (χ4v) is 5.81. The van der Waals surface area contributed by atoms with Gasteiger partial charge in [0.05, 0.1) is 5.56 Å². The standard InChI is InChI=1S/C31H27F3N2O2S/c1-18-27(30(38)36-23-10-6-9-22(17-23)31(32,33)34)28(20-11-13-24(39-2)14-12-20)29-25(35-18)15-21(16-26(29)37)19-7-4-3-5-8-19/h3-14,17,21,28,35H,15-16H2,1-2H3,(H,36,38)/t21-,28-/m0/s1. The first-order valence-electron chi connectivity index (χ1n) is 12.6. The Labute approximate surface area is 229 Å². The number of dihydropyridines is 1. The van der Waals surface area contributed by atoms with Gasteiger partial charge in [-0.3, -0.25) is 9.59 Å². The average molecular weight is 549 g/mol. The molecule has 4 nitrogen and oxygen atoms in total. The highest BCUT2D eigenvalue weighted by Crippen LogP contribution is 2.46. The van der Waals surface area contributed by atoms with E-state index in [0.29, 0.717) is 29.7 Å². The number of thioether (sulfide) groups is 1. The molecule has 5 rings (SSSR count). The van der Waals surface area contributed by atoms with Crippen LogP contribution in [-0.4, -0.2) is 17.9 Å². The number of ketones is 1. The maximum absolute atomic E-state index is 13.7. The highest BCUT2D eigenvalue weighted by Gasteiger charge is 2.41. The number of carbonyl (C=O) groups is 2. The largest absolute Gasteiger partial charge is 0.416 e. The van der Waals surface area contributed by atoms with Crippen LogP contribution >= 0.6 is 11.8 Å². The topological polar surface area (TPSA) is 58.2 Å². The number of benzene rings is 3. The summed E-state index contributed by atoms with van der Waals surface area (Å²) >= 11 is 1.58. The first kappa shape index (κ1) is 26.8. The van der Waals surface area contributed by atoms with Crippen LogP contribution in [0.1, 0.15) is 48.3 Å². The number of alkyl halides is 3. The Morgan fingerprint density at radius 2 is 1.67 bits per heavy atom. The summed E-state index contributed by atoms with van der Waals surface area (Å²) in [7, 11) is 0. The van der Waals surface area contributed by atoms with Gasteiger partial charge in [-0.2, -0.15) is 13.2 Å². The molecule has 0 aromatic heterocycles. The van der Waals surface area contributed by atoms with E-state index in [-0.39, 0.29) is 17.4 Å². The van der Waals surface area contributed by atoms with Gasteiger partial charge >= 0.3 is 6.18 Å². The van der Waals surface area contributed by atoms with Crippen molar-refractivity contribution in [2.24, 2.45) is 0 Å². The summed E-state index contributed by atoms with van der Waals surface area (Å²) in [6, 6.07) is 22.1. The molecule has 0 bridgehead atoms. The van der Waals surface area contributed by atoms with Gasteiger partial charge in [-0.1, -0.05) is 48.5 Å². The Balaban J connectivity index is 1.54. The van der Waals surface area contributed by atoms with Gasteiger partial charge in [0.1, 0.15) is 0 Å². The predicted octanol–water partition coefficient (Wildman–Crippen LogP) is 7.43. The van der Waals surface area contributed by atoms with Crippen LogP contribution in [0.5, 0.6) is 0 Å². The van der Waals surface area contributed by atoms with E-state index >= 15 is 0 Å². The van der Waals surface area contributed by atoms with E-state index in [1.165, 1.54) is 12.1 Å². The van der Waals surface area contributed by atoms with Crippen LogP contribution < -0.4 is 10.6 Å². The molecule has 2 atom stereocenters. The number of amides is 1. The van der Waals surface area contributed by atoms with Crippen molar-refractivity contribution in [3.05, 3.63) is 118 Å². The molecule has 3 aromatic carbocycles. The molecule has 2 aliphatic rings. The highest BCUT2D eigenvalue weighted by molar-refractivity contribution is 7.98. The molecule has 0 saturated carbocycles. The lowest BCUT2D eigenvalue weighted by Gasteiger charge is -2.37. The third-order valence-corrected chi connectivity index (χ3v) is 7.98. The number of hydrogen-bond donors (Lipinski definition) is 2. The number of allylic oxidation sites excluding steroid dienone is 3. The number of rotatable bonds is 5. The summed E-state index contributed by atoms with van der Waals surface area (Å²) in [6.45, 7) is 1.77. The fraction of sp³-hybridized carbons (Fsp3) is 0.226. The van der Waals surface area contributed by atoms with Crippen molar-refractivity contribution in [3.63, 3.8) is 0 Å². The third kappa shape index (κ3) is 5.52. The van der Waals surface area contributed by atoms with Gasteiger partial charge in [0.25, 0.3) is 5.91 Å². The lowest BCUT2D eigenvalue weighted by atomic mass is 9.71. The van der Waals surface area contributed by atoms with Crippen LogP contribution in [0.3, 0.4) is 0 Å². The van der Waals surface area contributed by atoms with Crippen LogP contribution in [-0.2, 0) is 15.8 Å². The summed E-state index contributed by atoms with van der Waals surface area (Å²) in [5.74, 6) is -1.24. The second-order valence-electron chi connectivity index (χ2n) is 9.73. The zero-order valence-electron chi connectivity index (χ0n) is 21.4. The van der Waals surface area contributed by atoms with E-state index in [1.807, 2.05) is 60.9 Å². The van der Waals surface area contributed by atoms with Gasteiger partial charge in [0.2, 0.25) is 0 Å². The number of hydrogen-bond acceptors (Lipinski definition) is 4.